The molecule has 0 fully saturated rings. The molecule has 4 rings (SSSR count). The van der Waals surface area contributed by atoms with E-state index in [4.69, 9.17) is 0 Å². The first kappa shape index (κ1) is 18.3. The van der Waals surface area contributed by atoms with Gasteiger partial charge in [-0.2, -0.15) is 0 Å². The summed E-state index contributed by atoms with van der Waals surface area (Å²) in [7, 11) is 0. The molecule has 1 aliphatic heterocycles. The molecule has 0 bridgehead atoms. The summed E-state index contributed by atoms with van der Waals surface area (Å²) in [6.07, 6.45) is 1.80. The van der Waals surface area contributed by atoms with E-state index in [2.05, 4.69) is 10.3 Å². The summed E-state index contributed by atoms with van der Waals surface area (Å²) >= 11 is 0. The third-order valence-corrected chi connectivity index (χ3v) is 5.26. The summed E-state index contributed by atoms with van der Waals surface area (Å²) in [5.41, 5.74) is 3.09. The van der Waals surface area contributed by atoms with Crippen molar-refractivity contribution in [2.45, 2.75) is 39.3 Å². The van der Waals surface area contributed by atoms with Gasteiger partial charge in [0.25, 0.3) is 5.91 Å². The van der Waals surface area contributed by atoms with Crippen molar-refractivity contribution >= 4 is 11.6 Å². The highest BCUT2D eigenvalue weighted by Crippen LogP contribution is 2.31. The van der Waals surface area contributed by atoms with Crippen LogP contribution in [0.2, 0.25) is 0 Å². The van der Waals surface area contributed by atoms with Crippen molar-refractivity contribution in [3.05, 3.63) is 76.6 Å². The lowest BCUT2D eigenvalue weighted by molar-refractivity contribution is 0.0969. The van der Waals surface area contributed by atoms with E-state index in [0.29, 0.717) is 5.69 Å². The van der Waals surface area contributed by atoms with Crippen molar-refractivity contribution in [3.63, 3.8) is 0 Å². The number of fused-ring (bicyclic) bond motifs is 1. The van der Waals surface area contributed by atoms with Gasteiger partial charge in [-0.1, -0.05) is 29.5 Å². The summed E-state index contributed by atoms with van der Waals surface area (Å²) in [6, 6.07) is 11.3. The summed E-state index contributed by atoms with van der Waals surface area (Å²) in [5.74, 6) is -1.51. The van der Waals surface area contributed by atoms with E-state index >= 15 is 0 Å². The minimum absolute atomic E-state index is 0.0430. The Morgan fingerprint density at radius 3 is 2.79 bits per heavy atom. The number of aromatic nitrogens is 3. The molecule has 1 aliphatic rings. The maximum absolute atomic E-state index is 14.0. The van der Waals surface area contributed by atoms with Crippen LogP contribution >= 0.6 is 0 Å². The van der Waals surface area contributed by atoms with E-state index in [1.165, 1.54) is 16.8 Å². The first-order valence-corrected chi connectivity index (χ1v) is 9.21. The Morgan fingerprint density at radius 1 is 1.21 bits per heavy atom. The standard InChI is InChI=1S/C21H20F2N4O/c1-13-7-8-15-5-3-4-6-19(15)27(13)21(28)20-14(2)26(25-24-20)12-16-9-10-17(22)11-18(16)23/h3-6,9-11,13H,7-8,12H2,1-2H3. The molecule has 2 aromatic carbocycles. The Balaban J connectivity index is 1.65. The van der Waals surface area contributed by atoms with Gasteiger partial charge in [-0.25, -0.2) is 13.5 Å². The number of rotatable bonds is 3. The first-order chi connectivity index (χ1) is 13.5. The second-order valence-electron chi connectivity index (χ2n) is 7.11. The molecule has 5 nitrogen and oxygen atoms in total. The molecule has 7 heteroatoms. The molecule has 0 saturated heterocycles. The Morgan fingerprint density at radius 2 is 2.00 bits per heavy atom. The number of amides is 1. The van der Waals surface area contributed by atoms with Crippen molar-refractivity contribution in [2.75, 3.05) is 4.90 Å². The van der Waals surface area contributed by atoms with Crippen LogP contribution < -0.4 is 4.90 Å². The minimum Gasteiger partial charge on any atom is -0.304 e. The number of benzene rings is 2. The Labute approximate surface area is 161 Å². The molecule has 1 amide bonds. The molecule has 1 atom stereocenters. The summed E-state index contributed by atoms with van der Waals surface area (Å²) in [5, 5.41) is 8.10. The highest BCUT2D eigenvalue weighted by molar-refractivity contribution is 6.06. The number of hydrogen-bond acceptors (Lipinski definition) is 3. The number of nitrogens with zero attached hydrogens (tertiary/aromatic N) is 4. The first-order valence-electron chi connectivity index (χ1n) is 9.21. The third-order valence-electron chi connectivity index (χ3n) is 5.26. The van der Waals surface area contributed by atoms with E-state index in [1.807, 2.05) is 31.2 Å². The predicted molar refractivity (Wildman–Crippen MR) is 101 cm³/mol. The number of hydrogen-bond donors (Lipinski definition) is 0. The maximum Gasteiger partial charge on any atom is 0.280 e. The van der Waals surface area contributed by atoms with Gasteiger partial charge < -0.3 is 4.90 Å². The minimum atomic E-state index is -0.652. The summed E-state index contributed by atoms with van der Waals surface area (Å²) in [6.45, 7) is 3.82. The number of para-hydroxylation sites is 1. The molecule has 0 aliphatic carbocycles. The van der Waals surface area contributed by atoms with Crippen LogP contribution in [-0.2, 0) is 13.0 Å². The van der Waals surface area contributed by atoms with Gasteiger partial charge in [0.2, 0.25) is 0 Å². The zero-order valence-electron chi connectivity index (χ0n) is 15.7. The largest absolute Gasteiger partial charge is 0.304 e. The van der Waals surface area contributed by atoms with Crippen LogP contribution in [0.15, 0.2) is 42.5 Å². The van der Waals surface area contributed by atoms with Crippen LogP contribution in [0.1, 0.15) is 40.7 Å². The molecule has 2 heterocycles. The van der Waals surface area contributed by atoms with Gasteiger partial charge in [-0.05, 0) is 44.4 Å². The topological polar surface area (TPSA) is 51.0 Å². The third kappa shape index (κ3) is 3.17. The van der Waals surface area contributed by atoms with Crippen LogP contribution in [0, 0.1) is 18.6 Å². The van der Waals surface area contributed by atoms with E-state index < -0.39 is 11.6 Å². The van der Waals surface area contributed by atoms with Gasteiger partial charge in [0.05, 0.1) is 12.2 Å². The van der Waals surface area contributed by atoms with Crippen LogP contribution in [0.5, 0.6) is 0 Å². The molecule has 0 saturated carbocycles. The van der Waals surface area contributed by atoms with E-state index in [9.17, 15) is 13.6 Å². The van der Waals surface area contributed by atoms with Gasteiger partial charge in [-0.15, -0.1) is 5.10 Å². The van der Waals surface area contributed by atoms with Crippen LogP contribution in [0.3, 0.4) is 0 Å². The molecule has 144 valence electrons. The van der Waals surface area contributed by atoms with Crippen molar-refractivity contribution < 1.29 is 13.6 Å². The highest BCUT2D eigenvalue weighted by Gasteiger charge is 2.31. The average molecular weight is 382 g/mol. The lowest BCUT2D eigenvalue weighted by atomic mass is 9.96. The second kappa shape index (κ2) is 7.14. The Kier molecular flexibility index (Phi) is 4.66. The van der Waals surface area contributed by atoms with Gasteiger partial charge in [-0.3, -0.25) is 4.79 Å². The monoisotopic (exact) mass is 382 g/mol. The predicted octanol–water partition coefficient (Wildman–Crippen LogP) is 3.89. The smallest absolute Gasteiger partial charge is 0.280 e. The van der Waals surface area contributed by atoms with Crippen molar-refractivity contribution in [1.29, 1.82) is 0 Å². The second-order valence-corrected chi connectivity index (χ2v) is 7.11. The molecular weight excluding hydrogens is 362 g/mol. The quantitative estimate of drug-likeness (QED) is 0.690. The summed E-state index contributed by atoms with van der Waals surface area (Å²) in [4.78, 5) is 15.0. The summed E-state index contributed by atoms with van der Waals surface area (Å²) < 4.78 is 28.5. The van der Waals surface area contributed by atoms with Gasteiger partial charge in [0.1, 0.15) is 11.6 Å². The molecule has 0 radical (unpaired) electrons. The van der Waals surface area contributed by atoms with Crippen molar-refractivity contribution in [2.24, 2.45) is 0 Å². The molecule has 28 heavy (non-hydrogen) atoms. The molecule has 0 N–H and O–H groups in total. The van der Waals surface area contributed by atoms with Crippen LogP contribution in [-0.4, -0.2) is 26.9 Å². The fraction of sp³-hybridized carbons (Fsp3) is 0.286. The maximum atomic E-state index is 14.0. The average Bonchev–Trinajstić information content (AvgIpc) is 3.04. The number of aryl methyl sites for hydroxylation is 1. The zero-order chi connectivity index (χ0) is 19.8. The number of halogens is 2. The number of anilines is 1. The van der Waals surface area contributed by atoms with E-state index in [0.717, 1.165) is 30.2 Å². The molecular formula is C21H20F2N4O. The molecule has 1 unspecified atom stereocenters. The van der Waals surface area contributed by atoms with Crippen molar-refractivity contribution in [1.82, 2.24) is 15.0 Å². The lowest BCUT2D eigenvalue weighted by Crippen LogP contribution is -2.42. The zero-order valence-corrected chi connectivity index (χ0v) is 15.7. The fourth-order valence-electron chi connectivity index (χ4n) is 3.63. The number of carbonyl (C=O) groups is 1. The Hall–Kier alpha value is -3.09. The lowest BCUT2D eigenvalue weighted by Gasteiger charge is -2.34. The van der Waals surface area contributed by atoms with Crippen LogP contribution in [0.4, 0.5) is 14.5 Å². The normalized spacial score (nSPS) is 16.1. The van der Waals surface area contributed by atoms with Crippen LogP contribution in [0.25, 0.3) is 0 Å². The molecule has 1 aromatic heterocycles. The van der Waals surface area contributed by atoms with E-state index in [-0.39, 0.29) is 29.8 Å². The highest BCUT2D eigenvalue weighted by atomic mass is 19.1. The van der Waals surface area contributed by atoms with Gasteiger partial charge in [0, 0.05) is 23.4 Å². The van der Waals surface area contributed by atoms with Crippen molar-refractivity contribution in [3.8, 4) is 0 Å². The Bertz CT molecular complexity index is 1050. The number of carbonyl (C=O) groups excluding carboxylic acids is 1. The van der Waals surface area contributed by atoms with Gasteiger partial charge >= 0.3 is 0 Å². The van der Waals surface area contributed by atoms with Gasteiger partial charge in [0.15, 0.2) is 5.69 Å². The van der Waals surface area contributed by atoms with E-state index in [1.54, 1.807) is 11.8 Å². The molecule has 0 spiro atoms. The fourth-order valence-corrected chi connectivity index (χ4v) is 3.63. The SMILES string of the molecule is Cc1c(C(=O)N2c3ccccc3CCC2C)nnn1Cc1ccc(F)cc1F. The molecule has 3 aromatic rings.